The molecule has 0 saturated carbocycles. The topological polar surface area (TPSA) is 172 Å². The molecular formula is C16H36O8Ti. The summed E-state index contributed by atoms with van der Waals surface area (Å²) in [5.41, 5.74) is 0. The van der Waals surface area contributed by atoms with Crippen LogP contribution in [0.5, 0.6) is 0 Å². The van der Waals surface area contributed by atoms with Gasteiger partial charge in [0.05, 0.1) is 12.8 Å². The van der Waals surface area contributed by atoms with E-state index in [-0.39, 0.29) is 80.9 Å². The van der Waals surface area contributed by atoms with Crippen molar-refractivity contribution in [1.82, 2.24) is 0 Å². The third-order valence-corrected chi connectivity index (χ3v) is 0.996. The summed E-state index contributed by atoms with van der Waals surface area (Å²) in [7, 11) is 0. The second-order valence-corrected chi connectivity index (χ2v) is 5.35. The summed E-state index contributed by atoms with van der Waals surface area (Å²) in [6, 6.07) is 0. The molecule has 0 aliphatic carbocycles. The summed E-state index contributed by atoms with van der Waals surface area (Å²) >= 11 is 0. The van der Waals surface area contributed by atoms with E-state index in [9.17, 15) is 19.2 Å². The summed E-state index contributed by atoms with van der Waals surface area (Å²) in [6.45, 7) is 12.5. The van der Waals surface area contributed by atoms with Crippen LogP contribution in [0.1, 0.15) is 68.2 Å². The normalized spacial score (nSPS) is 7.52. The van der Waals surface area contributed by atoms with Gasteiger partial charge in [-0.25, -0.2) is 0 Å². The molecule has 0 bridgehead atoms. The Morgan fingerprint density at radius 1 is 0.600 bits per heavy atom. The van der Waals surface area contributed by atoms with Crippen LogP contribution in [0.3, 0.4) is 0 Å². The van der Waals surface area contributed by atoms with Crippen molar-refractivity contribution in [1.29, 1.82) is 0 Å². The second kappa shape index (κ2) is 31.0. The maximum absolute atomic E-state index is 10.0. The van der Waals surface area contributed by atoms with Crippen molar-refractivity contribution in [2.24, 2.45) is 0 Å². The zero-order valence-electron chi connectivity index (χ0n) is 16.6. The van der Waals surface area contributed by atoms with Crippen molar-refractivity contribution in [3.63, 3.8) is 0 Å². The minimum Gasteiger partial charge on any atom is -0.412 e. The average Bonchev–Trinajstić information content (AvgIpc) is 2.10. The summed E-state index contributed by atoms with van der Waals surface area (Å²) < 4.78 is 0. The predicted molar refractivity (Wildman–Crippen MR) is 93.9 cm³/mol. The van der Waals surface area contributed by atoms with Crippen molar-refractivity contribution in [2.45, 2.75) is 80.4 Å². The Kier molecular flexibility index (Phi) is 54.7. The Bertz CT molecular complexity index is 267. The van der Waals surface area contributed by atoms with Gasteiger partial charge in [0, 0.05) is 33.9 Å². The van der Waals surface area contributed by atoms with E-state index in [1.807, 2.05) is 0 Å². The van der Waals surface area contributed by atoms with Gasteiger partial charge in [-0.05, 0) is 55.4 Å². The van der Waals surface area contributed by atoms with Gasteiger partial charge >= 0.3 is 0 Å². The zero-order chi connectivity index (χ0) is 18.9. The van der Waals surface area contributed by atoms with E-state index in [0.717, 1.165) is 0 Å². The van der Waals surface area contributed by atoms with Gasteiger partial charge in [0.15, 0.2) is 0 Å². The molecule has 0 atom stereocenters. The third kappa shape index (κ3) is 200. The van der Waals surface area contributed by atoms with Crippen LogP contribution in [-0.4, -0.2) is 56.5 Å². The van der Waals surface area contributed by atoms with Crippen LogP contribution in [0.25, 0.3) is 0 Å². The van der Waals surface area contributed by atoms with Crippen LogP contribution in [-0.2, 0) is 40.9 Å². The Balaban J connectivity index is -0.0000000343. The number of rotatable bonds is 4. The molecule has 152 valence electrons. The maximum Gasteiger partial charge on any atom is 0.137 e. The van der Waals surface area contributed by atoms with E-state index in [2.05, 4.69) is 0 Å². The number of hydrogen-bond acceptors (Lipinski definition) is 6. The predicted octanol–water partition coefficient (Wildman–Crippen LogP) is 0.231. The number of ketones is 4. The number of hydrogen-bond donors (Lipinski definition) is 2. The molecule has 0 amide bonds. The SMILES string of the molecule is CC(=O)CC(C)=O.CC(=O)CC(C)=O.CC(C)O.CC(C)O.O.O.[Ti]. The Morgan fingerprint density at radius 3 is 0.680 bits per heavy atom. The molecular weight excluding hydrogens is 368 g/mol. The fourth-order valence-electron chi connectivity index (χ4n) is 0.701. The van der Waals surface area contributed by atoms with Gasteiger partial charge in [-0.1, -0.05) is 0 Å². The molecule has 0 unspecified atom stereocenters. The van der Waals surface area contributed by atoms with Gasteiger partial charge in [0.2, 0.25) is 0 Å². The number of carbonyl (C=O) groups is 4. The van der Waals surface area contributed by atoms with E-state index in [0.29, 0.717) is 0 Å². The molecule has 9 heteroatoms. The summed E-state index contributed by atoms with van der Waals surface area (Å²) in [5, 5.41) is 16.1. The smallest absolute Gasteiger partial charge is 0.137 e. The van der Waals surface area contributed by atoms with Crippen LogP contribution in [0.2, 0.25) is 0 Å². The standard InChI is InChI=1S/2C5H8O2.2C3H8O.2H2O.Ti/c2*1-4(6)3-5(2)7;2*1-3(2)4;;;/h2*3H2,1-2H3;2*3-4H,1-2H3;2*1H2;. The van der Waals surface area contributed by atoms with Gasteiger partial charge in [-0.15, -0.1) is 0 Å². The van der Waals surface area contributed by atoms with Gasteiger partial charge in [0.1, 0.15) is 23.1 Å². The van der Waals surface area contributed by atoms with Gasteiger partial charge in [-0.2, -0.15) is 0 Å². The Morgan fingerprint density at radius 2 is 0.680 bits per heavy atom. The minimum absolute atomic E-state index is 0. The van der Waals surface area contributed by atoms with E-state index in [1.54, 1.807) is 27.7 Å². The molecule has 0 radical (unpaired) electrons. The quantitative estimate of drug-likeness (QED) is 0.501. The Hall–Kier alpha value is -0.766. The van der Waals surface area contributed by atoms with E-state index in [1.165, 1.54) is 27.7 Å². The first-order valence-electron chi connectivity index (χ1n) is 7.06. The fourth-order valence-corrected chi connectivity index (χ4v) is 0.701. The van der Waals surface area contributed by atoms with Crippen LogP contribution in [0.4, 0.5) is 0 Å². The van der Waals surface area contributed by atoms with Crippen molar-refractivity contribution in [3.05, 3.63) is 0 Å². The van der Waals surface area contributed by atoms with Crippen molar-refractivity contribution in [3.8, 4) is 0 Å². The van der Waals surface area contributed by atoms with Gasteiger partial charge in [0.25, 0.3) is 0 Å². The van der Waals surface area contributed by atoms with Crippen LogP contribution in [0, 0.1) is 0 Å². The second-order valence-electron chi connectivity index (χ2n) is 5.35. The van der Waals surface area contributed by atoms with Crippen molar-refractivity contribution >= 4 is 23.1 Å². The van der Waals surface area contributed by atoms with E-state index >= 15 is 0 Å². The first-order valence-corrected chi connectivity index (χ1v) is 7.06. The molecule has 0 aromatic carbocycles. The molecule has 6 N–H and O–H groups in total. The maximum atomic E-state index is 10.0. The van der Waals surface area contributed by atoms with E-state index in [4.69, 9.17) is 10.2 Å². The first kappa shape index (κ1) is 44.0. The molecule has 25 heavy (non-hydrogen) atoms. The largest absolute Gasteiger partial charge is 0.412 e. The number of Topliss-reactive ketones (excluding diaryl/α,β-unsaturated/α-hetero) is 4. The molecule has 0 aromatic heterocycles. The van der Waals surface area contributed by atoms with Gasteiger partial charge < -0.3 is 21.2 Å². The molecule has 0 saturated heterocycles. The zero-order valence-corrected chi connectivity index (χ0v) is 18.2. The van der Waals surface area contributed by atoms with Crippen molar-refractivity contribution < 1.29 is 62.1 Å². The molecule has 0 spiro atoms. The van der Waals surface area contributed by atoms with Crippen LogP contribution in [0.15, 0.2) is 0 Å². The average molecular weight is 404 g/mol. The molecule has 0 aliphatic rings. The summed E-state index contributed by atoms with van der Waals surface area (Å²) in [6.07, 6.45) is -0.167. The third-order valence-electron chi connectivity index (χ3n) is 0.996. The number of aliphatic hydroxyl groups is 2. The molecule has 0 aliphatic heterocycles. The van der Waals surface area contributed by atoms with Crippen molar-refractivity contribution in [2.75, 3.05) is 0 Å². The molecule has 0 fully saturated rings. The van der Waals surface area contributed by atoms with E-state index < -0.39 is 0 Å². The van der Waals surface area contributed by atoms with Gasteiger partial charge in [-0.3, -0.25) is 19.2 Å². The number of carbonyl (C=O) groups excluding carboxylic acids is 4. The van der Waals surface area contributed by atoms with Crippen LogP contribution >= 0.6 is 0 Å². The van der Waals surface area contributed by atoms with Crippen LogP contribution < -0.4 is 0 Å². The number of aliphatic hydroxyl groups excluding tert-OH is 2. The molecule has 0 aromatic rings. The summed E-state index contributed by atoms with van der Waals surface area (Å²) in [4.78, 5) is 40.1. The molecule has 0 heterocycles. The Labute approximate surface area is 165 Å². The molecule has 0 rings (SSSR count). The monoisotopic (exact) mass is 404 g/mol. The summed E-state index contributed by atoms with van der Waals surface area (Å²) in [5.74, 6) is -0.250. The fraction of sp³-hybridized carbons (Fsp3) is 0.750. The first-order chi connectivity index (χ1) is 9.72. The minimum atomic E-state index is -0.167. The molecule has 8 nitrogen and oxygen atoms in total.